The van der Waals surface area contributed by atoms with Gasteiger partial charge >= 0.3 is 5.97 Å². The van der Waals surface area contributed by atoms with Crippen molar-refractivity contribution in [3.8, 4) is 0 Å². The first-order chi connectivity index (χ1) is 19.9. The monoisotopic (exact) mass is 591 g/mol. The predicted octanol–water partition coefficient (Wildman–Crippen LogP) is 3.16. The molecular formula is C32H53N3O7. The highest BCUT2D eigenvalue weighted by atomic mass is 16.6. The summed E-state index contributed by atoms with van der Waals surface area (Å²) >= 11 is 0. The Hall–Kier alpha value is -2.01. The number of epoxide rings is 2. The maximum atomic E-state index is 13.1. The van der Waals surface area contributed by atoms with Gasteiger partial charge < -0.3 is 30.0 Å². The Kier molecular flexibility index (Phi) is 10.8. The third-order valence-electron chi connectivity index (χ3n) is 9.75. The van der Waals surface area contributed by atoms with Gasteiger partial charge in [0.2, 0.25) is 11.8 Å². The van der Waals surface area contributed by atoms with Crippen LogP contribution in [0.15, 0.2) is 11.6 Å². The van der Waals surface area contributed by atoms with Gasteiger partial charge in [0.1, 0.15) is 23.4 Å². The largest absolute Gasteiger partial charge is 0.460 e. The van der Waals surface area contributed by atoms with E-state index in [4.69, 9.17) is 24.7 Å². The van der Waals surface area contributed by atoms with Crippen LogP contribution >= 0.6 is 0 Å². The van der Waals surface area contributed by atoms with Gasteiger partial charge in [-0.05, 0) is 84.0 Å². The van der Waals surface area contributed by atoms with Crippen molar-refractivity contribution in [2.75, 3.05) is 20.3 Å². The van der Waals surface area contributed by atoms with E-state index in [1.807, 2.05) is 13.8 Å². The average molecular weight is 592 g/mol. The predicted molar refractivity (Wildman–Crippen MR) is 158 cm³/mol. The van der Waals surface area contributed by atoms with Crippen molar-refractivity contribution in [1.82, 2.24) is 10.6 Å². The molecule has 2 aliphatic heterocycles. The molecule has 4 fully saturated rings. The van der Waals surface area contributed by atoms with Crippen molar-refractivity contribution in [1.29, 1.82) is 0 Å². The van der Waals surface area contributed by atoms with Crippen LogP contribution in [0.1, 0.15) is 92.4 Å². The lowest BCUT2D eigenvalue weighted by molar-refractivity contribution is -0.173. The van der Waals surface area contributed by atoms with Gasteiger partial charge in [0.15, 0.2) is 0 Å². The summed E-state index contributed by atoms with van der Waals surface area (Å²) in [5, 5.41) is 6.05. The smallest absolute Gasteiger partial charge is 0.306 e. The molecular weight excluding hydrogens is 538 g/mol. The maximum absolute atomic E-state index is 13.1. The molecule has 4 unspecified atom stereocenters. The van der Waals surface area contributed by atoms with Crippen LogP contribution in [0, 0.1) is 17.8 Å². The Morgan fingerprint density at radius 1 is 1.12 bits per heavy atom. The van der Waals surface area contributed by atoms with E-state index < -0.39 is 11.9 Å². The van der Waals surface area contributed by atoms with Crippen LogP contribution in [0.5, 0.6) is 0 Å². The molecule has 2 amide bonds. The number of amides is 2. The lowest BCUT2D eigenvalue weighted by Crippen LogP contribution is -2.55. The zero-order valence-corrected chi connectivity index (χ0v) is 26.4. The normalized spacial score (nSPS) is 36.3. The van der Waals surface area contributed by atoms with Gasteiger partial charge in [0, 0.05) is 19.6 Å². The topological polar surface area (TPSA) is 145 Å². The molecule has 0 aromatic heterocycles. The Labute approximate surface area is 251 Å². The molecule has 0 aromatic carbocycles. The van der Waals surface area contributed by atoms with Crippen LogP contribution in [-0.4, -0.2) is 79.6 Å². The molecule has 10 heteroatoms. The van der Waals surface area contributed by atoms with Crippen molar-refractivity contribution in [3.05, 3.63) is 11.6 Å². The number of carbonyl (C=O) groups is 3. The van der Waals surface area contributed by atoms with Gasteiger partial charge in [-0.1, -0.05) is 25.5 Å². The first kappa shape index (κ1) is 32.9. The highest BCUT2D eigenvalue weighted by molar-refractivity contribution is 5.82. The number of allylic oxidation sites excluding steroid dienone is 1. The van der Waals surface area contributed by atoms with Crippen LogP contribution in [-0.2, 0) is 33.3 Å². The number of carbonyl (C=O) groups excluding carboxylic acids is 3. The summed E-state index contributed by atoms with van der Waals surface area (Å²) in [6.07, 6.45) is 8.41. The number of esters is 1. The number of primary amides is 1. The number of rotatable bonds is 14. The fraction of sp³-hybridized carbons (Fsp3) is 0.844. The average Bonchev–Trinajstić information content (AvgIpc) is 3.84. The molecule has 2 aliphatic carbocycles. The highest BCUT2D eigenvalue weighted by Gasteiger charge is 2.72. The molecule has 0 radical (unpaired) electrons. The van der Waals surface area contributed by atoms with Crippen LogP contribution in [0.3, 0.4) is 0 Å². The van der Waals surface area contributed by atoms with Crippen molar-refractivity contribution < 1.29 is 33.3 Å². The fourth-order valence-electron chi connectivity index (χ4n) is 7.30. The summed E-state index contributed by atoms with van der Waals surface area (Å²) < 4.78 is 24.4. The summed E-state index contributed by atoms with van der Waals surface area (Å²) in [6, 6.07) is -0.450. The van der Waals surface area contributed by atoms with E-state index in [2.05, 4.69) is 37.5 Å². The standard InChI is InChI=1S/C32H53N3O7/c1-19(2)7-12-25-31(5,42-25)29-28(39-6)24(13-14-32(29)18-40-32)41-27(37)16-21-8-10-22(11-9-21)35-26(36)17-34-23(30(33)38)15-20(3)4/h7,20-25,28-29,34H,8-18H2,1-6H3,(H2,33,38)(H,35,36)/t21?,22?,23-,24?,25+,28?,29?,31?,32-/m0/s1. The second-order valence-corrected chi connectivity index (χ2v) is 13.9. The van der Waals surface area contributed by atoms with Crippen molar-refractivity contribution in [2.24, 2.45) is 23.5 Å². The molecule has 4 N–H and O–H groups in total. The molecule has 4 rings (SSSR count). The summed E-state index contributed by atoms with van der Waals surface area (Å²) in [7, 11) is 1.69. The Morgan fingerprint density at radius 3 is 2.38 bits per heavy atom. The summed E-state index contributed by atoms with van der Waals surface area (Å²) in [5.41, 5.74) is 6.13. The number of nitrogens with two attached hydrogens (primary N) is 1. The van der Waals surface area contributed by atoms with Crippen molar-refractivity contribution in [2.45, 2.75) is 134 Å². The molecule has 0 bridgehead atoms. The van der Waals surface area contributed by atoms with Crippen LogP contribution in [0.25, 0.3) is 0 Å². The molecule has 2 saturated carbocycles. The van der Waals surface area contributed by atoms with E-state index in [-0.39, 0.29) is 65.8 Å². The first-order valence-corrected chi connectivity index (χ1v) is 15.9. The summed E-state index contributed by atoms with van der Waals surface area (Å²) in [4.78, 5) is 37.2. The summed E-state index contributed by atoms with van der Waals surface area (Å²) in [6.45, 7) is 11.1. The SMILES string of the molecule is COC1C(OC(=O)CC2CCC(NC(=O)CN[C@@H](CC(C)C)C(N)=O)CC2)CC[C@]2(CO2)C1C1(C)O[C@@H]1CC=C(C)C. The number of methoxy groups -OCH3 is 1. The zero-order valence-electron chi connectivity index (χ0n) is 26.4. The lowest BCUT2D eigenvalue weighted by atomic mass is 9.68. The quantitative estimate of drug-likeness (QED) is 0.159. The van der Waals surface area contributed by atoms with Gasteiger partial charge in [0.25, 0.3) is 0 Å². The minimum absolute atomic E-state index is 0.00859. The molecule has 42 heavy (non-hydrogen) atoms. The van der Waals surface area contributed by atoms with E-state index in [1.165, 1.54) is 5.57 Å². The van der Waals surface area contributed by atoms with E-state index in [1.54, 1.807) is 7.11 Å². The van der Waals surface area contributed by atoms with Crippen LogP contribution in [0.2, 0.25) is 0 Å². The third kappa shape index (κ3) is 8.12. The number of hydrogen-bond acceptors (Lipinski definition) is 8. The minimum Gasteiger partial charge on any atom is -0.460 e. The Bertz CT molecular complexity index is 1000. The molecule has 7 atom stereocenters. The fourth-order valence-corrected chi connectivity index (χ4v) is 7.30. The van der Waals surface area contributed by atoms with Crippen molar-refractivity contribution >= 4 is 17.8 Å². The van der Waals surface area contributed by atoms with E-state index in [0.29, 0.717) is 25.4 Å². The van der Waals surface area contributed by atoms with Gasteiger partial charge in [-0.25, -0.2) is 0 Å². The molecule has 0 aromatic rings. The first-order valence-electron chi connectivity index (χ1n) is 15.9. The molecule has 238 valence electrons. The highest BCUT2D eigenvalue weighted by Crippen LogP contribution is 2.59. The molecule has 1 spiro atoms. The molecule has 10 nitrogen and oxygen atoms in total. The zero-order chi connectivity index (χ0) is 30.7. The molecule has 2 saturated heterocycles. The van der Waals surface area contributed by atoms with E-state index in [0.717, 1.165) is 44.9 Å². The Balaban J connectivity index is 1.22. The lowest BCUT2D eigenvalue weighted by Gasteiger charge is -2.42. The van der Waals surface area contributed by atoms with Gasteiger partial charge in [-0.15, -0.1) is 0 Å². The van der Waals surface area contributed by atoms with Crippen LogP contribution < -0.4 is 16.4 Å². The van der Waals surface area contributed by atoms with Gasteiger partial charge in [0.05, 0.1) is 31.2 Å². The summed E-state index contributed by atoms with van der Waals surface area (Å²) in [5.74, 6) is -0.234. The Morgan fingerprint density at radius 2 is 1.81 bits per heavy atom. The van der Waals surface area contributed by atoms with Gasteiger partial charge in [-0.3, -0.25) is 19.7 Å². The second kappa shape index (κ2) is 13.7. The maximum Gasteiger partial charge on any atom is 0.306 e. The van der Waals surface area contributed by atoms with Crippen LogP contribution in [0.4, 0.5) is 0 Å². The minimum atomic E-state index is -0.513. The number of hydrogen-bond donors (Lipinski definition) is 3. The third-order valence-corrected chi connectivity index (χ3v) is 9.75. The number of ether oxygens (including phenoxy) is 4. The molecule has 4 aliphatic rings. The van der Waals surface area contributed by atoms with E-state index in [9.17, 15) is 14.4 Å². The van der Waals surface area contributed by atoms with Crippen molar-refractivity contribution in [3.63, 3.8) is 0 Å². The second-order valence-electron chi connectivity index (χ2n) is 13.9. The molecule has 2 heterocycles. The number of nitrogens with one attached hydrogen (secondary N) is 2. The van der Waals surface area contributed by atoms with Gasteiger partial charge in [-0.2, -0.15) is 0 Å². The van der Waals surface area contributed by atoms with E-state index >= 15 is 0 Å².